The Bertz CT molecular complexity index is 955. The summed E-state index contributed by atoms with van der Waals surface area (Å²) in [6.45, 7) is 0.193. The molecule has 0 aliphatic heterocycles. The van der Waals surface area contributed by atoms with E-state index in [1.807, 2.05) is 30.3 Å². The normalized spacial score (nSPS) is 11.2. The number of ether oxygens (including phenoxy) is 1. The molecule has 8 heteroatoms. The molecule has 0 radical (unpaired) electrons. The maximum absolute atomic E-state index is 12.9. The highest BCUT2D eigenvalue weighted by atomic mass is 19.4. The number of urea groups is 1. The number of hydrogen-bond donors (Lipinski definition) is 2. The van der Waals surface area contributed by atoms with Crippen LogP contribution >= 0.6 is 0 Å². The number of nitrogens with one attached hydrogen (secondary N) is 2. The summed E-state index contributed by atoms with van der Waals surface area (Å²) in [5, 5.41) is 7.18. The quantitative estimate of drug-likeness (QED) is 0.623. The van der Waals surface area contributed by atoms with E-state index in [0.717, 1.165) is 22.5 Å². The van der Waals surface area contributed by atoms with Gasteiger partial charge in [0.15, 0.2) is 0 Å². The zero-order valence-electron chi connectivity index (χ0n) is 14.8. The van der Waals surface area contributed by atoms with Crippen LogP contribution in [0.3, 0.4) is 0 Å². The van der Waals surface area contributed by atoms with E-state index in [0.29, 0.717) is 0 Å². The summed E-state index contributed by atoms with van der Waals surface area (Å²) in [5.41, 5.74) is -0.120. The number of amides is 2. The van der Waals surface area contributed by atoms with Gasteiger partial charge in [-0.3, -0.25) is 4.98 Å². The van der Waals surface area contributed by atoms with Crippen LogP contribution in [0.4, 0.5) is 18.0 Å². The first-order chi connectivity index (χ1) is 13.4. The average molecular weight is 389 g/mol. The van der Waals surface area contributed by atoms with E-state index >= 15 is 0 Å². The van der Waals surface area contributed by atoms with Gasteiger partial charge < -0.3 is 15.4 Å². The number of carbonyl (C=O) groups excluding carboxylic acids is 1. The summed E-state index contributed by atoms with van der Waals surface area (Å²) in [4.78, 5) is 16.2. The molecule has 1 heterocycles. The Hall–Kier alpha value is -3.29. The molecule has 146 valence electrons. The van der Waals surface area contributed by atoms with Crippen LogP contribution in [-0.2, 0) is 12.7 Å². The van der Waals surface area contributed by atoms with Crippen molar-refractivity contribution in [2.45, 2.75) is 12.7 Å². The molecule has 0 aliphatic carbocycles. The number of fused-ring (bicyclic) bond motifs is 1. The molecular formula is C20H18F3N3O2. The fourth-order valence-electron chi connectivity index (χ4n) is 2.70. The third kappa shape index (κ3) is 4.91. The molecule has 2 N–H and O–H groups in total. The smallest absolute Gasteiger partial charge is 0.419 e. The lowest BCUT2D eigenvalue weighted by molar-refractivity contribution is -0.138. The van der Waals surface area contributed by atoms with E-state index in [4.69, 9.17) is 4.74 Å². The van der Waals surface area contributed by atoms with Crippen LogP contribution in [0, 0.1) is 0 Å². The number of benzene rings is 2. The molecule has 0 unspecified atom stereocenters. The summed E-state index contributed by atoms with van der Waals surface area (Å²) in [6, 6.07) is 14.1. The van der Waals surface area contributed by atoms with Gasteiger partial charge in [0.25, 0.3) is 0 Å². The van der Waals surface area contributed by atoms with Gasteiger partial charge in [-0.1, -0.05) is 36.4 Å². The maximum Gasteiger partial charge on any atom is 0.419 e. The molecule has 0 spiro atoms. The molecule has 0 fully saturated rings. The second kappa shape index (κ2) is 8.60. The van der Waals surface area contributed by atoms with Gasteiger partial charge in [-0.15, -0.1) is 0 Å². The van der Waals surface area contributed by atoms with Crippen LogP contribution in [0.2, 0.25) is 0 Å². The Balaban J connectivity index is 1.47. The Morgan fingerprint density at radius 1 is 1.00 bits per heavy atom. The molecule has 28 heavy (non-hydrogen) atoms. The molecule has 0 saturated heterocycles. The van der Waals surface area contributed by atoms with Gasteiger partial charge >= 0.3 is 12.2 Å². The minimum Gasteiger partial charge on any atom is -0.491 e. The third-order valence-electron chi connectivity index (χ3n) is 4.01. The van der Waals surface area contributed by atoms with Crippen molar-refractivity contribution in [3.8, 4) is 5.75 Å². The number of nitrogens with zero attached hydrogens (tertiary/aromatic N) is 1. The summed E-state index contributed by atoms with van der Waals surface area (Å²) in [6.07, 6.45) is -2.82. The monoisotopic (exact) mass is 389 g/mol. The molecule has 0 saturated carbocycles. The highest BCUT2D eigenvalue weighted by Gasteiger charge is 2.33. The van der Waals surface area contributed by atoms with Crippen molar-refractivity contribution in [3.63, 3.8) is 0 Å². The zero-order valence-corrected chi connectivity index (χ0v) is 14.8. The number of aromatic nitrogens is 1. The van der Waals surface area contributed by atoms with E-state index in [-0.39, 0.29) is 25.4 Å². The second-order valence-corrected chi connectivity index (χ2v) is 5.93. The van der Waals surface area contributed by atoms with Crippen LogP contribution in [0.5, 0.6) is 5.75 Å². The molecule has 2 aromatic carbocycles. The first-order valence-electron chi connectivity index (χ1n) is 8.58. The van der Waals surface area contributed by atoms with Gasteiger partial charge in [0.2, 0.25) is 0 Å². The number of hydrogen-bond acceptors (Lipinski definition) is 3. The first-order valence-corrected chi connectivity index (χ1v) is 8.58. The Morgan fingerprint density at radius 3 is 2.57 bits per heavy atom. The number of alkyl halides is 3. The lowest BCUT2D eigenvalue weighted by Crippen LogP contribution is -2.37. The fraction of sp³-hybridized carbons (Fsp3) is 0.200. The summed E-state index contributed by atoms with van der Waals surface area (Å²) in [5.74, 6) is -0.267. The molecule has 2 amide bonds. The van der Waals surface area contributed by atoms with Gasteiger partial charge in [-0.05, 0) is 23.6 Å². The Kier molecular flexibility index (Phi) is 5.98. The molecule has 1 aromatic heterocycles. The van der Waals surface area contributed by atoms with Gasteiger partial charge in [-0.25, -0.2) is 4.79 Å². The topological polar surface area (TPSA) is 63.2 Å². The van der Waals surface area contributed by atoms with Crippen LogP contribution in [0.25, 0.3) is 10.8 Å². The first kappa shape index (κ1) is 19.5. The van der Waals surface area contributed by atoms with E-state index in [2.05, 4.69) is 15.6 Å². The summed E-state index contributed by atoms with van der Waals surface area (Å²) < 4.78 is 43.8. The minimum atomic E-state index is -4.49. The van der Waals surface area contributed by atoms with Crippen molar-refractivity contribution in [3.05, 3.63) is 72.1 Å². The molecule has 3 rings (SSSR count). The van der Waals surface area contributed by atoms with Crippen LogP contribution in [0.1, 0.15) is 11.3 Å². The molecular weight excluding hydrogens is 371 g/mol. The van der Waals surface area contributed by atoms with Gasteiger partial charge in [0, 0.05) is 11.6 Å². The average Bonchev–Trinajstić information content (AvgIpc) is 2.69. The Morgan fingerprint density at radius 2 is 1.75 bits per heavy atom. The lowest BCUT2D eigenvalue weighted by atomic mass is 10.1. The SMILES string of the molecule is O=C(NCCOc1ccccc1C(F)(F)F)NCc1nccc2ccccc12. The van der Waals surface area contributed by atoms with Crippen molar-refractivity contribution in [2.24, 2.45) is 0 Å². The number of para-hydroxylation sites is 1. The summed E-state index contributed by atoms with van der Waals surface area (Å²) >= 11 is 0. The molecule has 3 aromatic rings. The van der Waals surface area contributed by atoms with Crippen molar-refractivity contribution in [1.82, 2.24) is 15.6 Å². The molecule has 5 nitrogen and oxygen atoms in total. The van der Waals surface area contributed by atoms with Crippen molar-refractivity contribution in [2.75, 3.05) is 13.2 Å². The standard InChI is InChI=1S/C20H18F3N3O2/c21-20(22,23)16-7-3-4-8-18(16)28-12-11-25-19(27)26-13-17-15-6-2-1-5-14(15)9-10-24-17/h1-10H,11-13H2,(H2,25,26,27). The number of halogens is 3. The van der Waals surface area contributed by atoms with Gasteiger partial charge in [0.05, 0.1) is 24.3 Å². The largest absolute Gasteiger partial charge is 0.491 e. The van der Waals surface area contributed by atoms with Crippen LogP contribution < -0.4 is 15.4 Å². The highest BCUT2D eigenvalue weighted by Crippen LogP contribution is 2.35. The van der Waals surface area contributed by atoms with E-state index < -0.39 is 17.8 Å². The predicted molar refractivity (Wildman–Crippen MR) is 98.9 cm³/mol. The number of carbonyl (C=O) groups is 1. The minimum absolute atomic E-state index is 0.0565. The highest BCUT2D eigenvalue weighted by molar-refractivity contribution is 5.84. The predicted octanol–water partition coefficient (Wildman–Crippen LogP) is 4.13. The van der Waals surface area contributed by atoms with E-state index in [1.165, 1.54) is 18.2 Å². The zero-order chi connectivity index (χ0) is 20.0. The van der Waals surface area contributed by atoms with E-state index in [9.17, 15) is 18.0 Å². The van der Waals surface area contributed by atoms with Crippen LogP contribution in [-0.4, -0.2) is 24.2 Å². The fourth-order valence-corrected chi connectivity index (χ4v) is 2.70. The molecule has 0 aliphatic rings. The second-order valence-electron chi connectivity index (χ2n) is 5.93. The number of pyridine rings is 1. The van der Waals surface area contributed by atoms with Crippen LogP contribution in [0.15, 0.2) is 60.8 Å². The van der Waals surface area contributed by atoms with Crippen molar-refractivity contribution in [1.29, 1.82) is 0 Å². The van der Waals surface area contributed by atoms with Crippen molar-refractivity contribution >= 4 is 16.8 Å². The molecule has 0 bridgehead atoms. The van der Waals surface area contributed by atoms with Gasteiger partial charge in [-0.2, -0.15) is 13.2 Å². The lowest BCUT2D eigenvalue weighted by Gasteiger charge is -2.14. The van der Waals surface area contributed by atoms with Crippen molar-refractivity contribution < 1.29 is 22.7 Å². The molecule has 0 atom stereocenters. The number of rotatable bonds is 6. The van der Waals surface area contributed by atoms with E-state index in [1.54, 1.807) is 6.20 Å². The van der Waals surface area contributed by atoms with Gasteiger partial charge in [0.1, 0.15) is 12.4 Å². The third-order valence-corrected chi connectivity index (χ3v) is 4.01. The summed E-state index contributed by atoms with van der Waals surface area (Å²) in [7, 11) is 0. The Labute approximate surface area is 159 Å². The maximum atomic E-state index is 12.9.